The number of halogens is 3. The third-order valence-corrected chi connectivity index (χ3v) is 3.19. The van der Waals surface area contributed by atoms with Crippen LogP contribution in [0.5, 0.6) is 0 Å². The van der Waals surface area contributed by atoms with Gasteiger partial charge in [-0.15, -0.1) is 0 Å². The topological polar surface area (TPSA) is 78.4 Å². The van der Waals surface area contributed by atoms with Crippen LogP contribution in [0.4, 0.5) is 23.7 Å². The van der Waals surface area contributed by atoms with Gasteiger partial charge in [0, 0.05) is 6.04 Å². The van der Waals surface area contributed by atoms with Crippen molar-refractivity contribution in [1.29, 1.82) is 0 Å². The summed E-state index contributed by atoms with van der Waals surface area (Å²) in [5.74, 6) is -5.54. The zero-order valence-corrected chi connectivity index (χ0v) is 10.8. The molecule has 1 saturated carbocycles. The molecule has 21 heavy (non-hydrogen) atoms. The van der Waals surface area contributed by atoms with Gasteiger partial charge in [-0.3, -0.25) is 4.79 Å². The molecule has 1 fully saturated rings. The van der Waals surface area contributed by atoms with E-state index in [0.29, 0.717) is 6.07 Å². The molecule has 0 heterocycles. The minimum atomic E-state index is -1.68. The van der Waals surface area contributed by atoms with E-state index in [4.69, 9.17) is 5.11 Å². The number of hydrogen-bond acceptors (Lipinski definition) is 2. The molecule has 1 aliphatic carbocycles. The maximum absolute atomic E-state index is 13.4. The molecule has 2 rings (SSSR count). The van der Waals surface area contributed by atoms with E-state index in [-0.39, 0.29) is 12.3 Å². The number of rotatable bonds is 5. The molecule has 2 amide bonds. The van der Waals surface area contributed by atoms with E-state index < -0.39 is 41.2 Å². The maximum atomic E-state index is 13.4. The number of carbonyl (C=O) groups excluding carboxylic acids is 1. The monoisotopic (exact) mass is 302 g/mol. The van der Waals surface area contributed by atoms with Gasteiger partial charge in [0.25, 0.3) is 0 Å². The van der Waals surface area contributed by atoms with E-state index in [9.17, 15) is 22.8 Å². The highest BCUT2D eigenvalue weighted by molar-refractivity contribution is 5.90. The number of urea groups is 1. The average molecular weight is 302 g/mol. The van der Waals surface area contributed by atoms with Crippen LogP contribution in [0.2, 0.25) is 0 Å². The lowest BCUT2D eigenvalue weighted by Gasteiger charge is -2.17. The second-order valence-electron chi connectivity index (χ2n) is 4.86. The number of carbonyl (C=O) groups is 2. The van der Waals surface area contributed by atoms with Gasteiger partial charge in [-0.25, -0.2) is 18.0 Å². The van der Waals surface area contributed by atoms with Crippen LogP contribution in [-0.4, -0.2) is 23.1 Å². The lowest BCUT2D eigenvalue weighted by Crippen LogP contribution is -2.40. The summed E-state index contributed by atoms with van der Waals surface area (Å²) in [6.45, 7) is 0. The standard InChI is InChI=1S/C13H13F3N2O3/c14-7-3-4-8(12(16)11(7)15)17-13(21)18-9(5-10(19)20)6-1-2-6/h3-4,6,9H,1-2,5H2,(H,19,20)(H2,17,18,21). The van der Waals surface area contributed by atoms with Crippen LogP contribution in [0.1, 0.15) is 19.3 Å². The highest BCUT2D eigenvalue weighted by Gasteiger charge is 2.33. The number of aliphatic carboxylic acids is 1. The van der Waals surface area contributed by atoms with Crippen LogP contribution in [0.15, 0.2) is 12.1 Å². The number of hydrogen-bond donors (Lipinski definition) is 3. The number of carboxylic acid groups (broad SMARTS) is 1. The van der Waals surface area contributed by atoms with Crippen LogP contribution in [0.3, 0.4) is 0 Å². The summed E-state index contributed by atoms with van der Waals surface area (Å²) in [7, 11) is 0. The molecule has 3 N–H and O–H groups in total. The average Bonchev–Trinajstić information content (AvgIpc) is 3.22. The van der Waals surface area contributed by atoms with Crippen molar-refractivity contribution in [2.75, 3.05) is 5.32 Å². The lowest BCUT2D eigenvalue weighted by atomic mass is 10.1. The largest absolute Gasteiger partial charge is 0.481 e. The van der Waals surface area contributed by atoms with E-state index in [0.717, 1.165) is 18.9 Å². The highest BCUT2D eigenvalue weighted by atomic mass is 19.2. The second kappa shape index (κ2) is 6.02. The molecule has 1 aromatic rings. The molecular weight excluding hydrogens is 289 g/mol. The van der Waals surface area contributed by atoms with Gasteiger partial charge in [0.2, 0.25) is 0 Å². The quantitative estimate of drug-likeness (QED) is 0.731. The molecule has 5 nitrogen and oxygen atoms in total. The number of amides is 2. The Kier molecular flexibility index (Phi) is 4.35. The van der Waals surface area contributed by atoms with Gasteiger partial charge in [0.15, 0.2) is 17.5 Å². The zero-order valence-electron chi connectivity index (χ0n) is 10.8. The molecule has 1 unspecified atom stereocenters. The molecule has 0 spiro atoms. The molecule has 8 heteroatoms. The second-order valence-corrected chi connectivity index (χ2v) is 4.86. The van der Waals surface area contributed by atoms with E-state index in [1.54, 1.807) is 0 Å². The molecule has 0 aromatic heterocycles. The number of carboxylic acids is 1. The van der Waals surface area contributed by atoms with Crippen LogP contribution in [0.25, 0.3) is 0 Å². The first-order chi connectivity index (χ1) is 9.88. The summed E-state index contributed by atoms with van der Waals surface area (Å²) < 4.78 is 39.2. The fourth-order valence-electron chi connectivity index (χ4n) is 1.97. The number of anilines is 1. The minimum absolute atomic E-state index is 0.0710. The van der Waals surface area contributed by atoms with Gasteiger partial charge in [-0.2, -0.15) is 0 Å². The van der Waals surface area contributed by atoms with Crippen molar-refractivity contribution >= 4 is 17.7 Å². The Balaban J connectivity index is 2.00. The van der Waals surface area contributed by atoms with Crippen molar-refractivity contribution in [3.63, 3.8) is 0 Å². The van der Waals surface area contributed by atoms with Crippen molar-refractivity contribution in [2.24, 2.45) is 5.92 Å². The van der Waals surface area contributed by atoms with Gasteiger partial charge >= 0.3 is 12.0 Å². The third-order valence-electron chi connectivity index (χ3n) is 3.19. The predicted octanol–water partition coefficient (Wildman–Crippen LogP) is 2.48. The summed E-state index contributed by atoms with van der Waals surface area (Å²) in [5.41, 5.74) is -0.517. The van der Waals surface area contributed by atoms with E-state index in [1.165, 1.54) is 0 Å². The fourth-order valence-corrected chi connectivity index (χ4v) is 1.97. The number of nitrogens with one attached hydrogen (secondary N) is 2. The molecule has 0 bridgehead atoms. The van der Waals surface area contributed by atoms with Crippen LogP contribution in [0, 0.1) is 23.4 Å². The summed E-state index contributed by atoms with van der Waals surface area (Å²) in [6.07, 6.45) is 1.36. The van der Waals surface area contributed by atoms with Crippen LogP contribution >= 0.6 is 0 Å². The van der Waals surface area contributed by atoms with E-state index in [2.05, 4.69) is 5.32 Å². The Morgan fingerprint density at radius 1 is 1.24 bits per heavy atom. The van der Waals surface area contributed by atoms with E-state index in [1.807, 2.05) is 5.32 Å². The molecule has 0 aliphatic heterocycles. The van der Waals surface area contributed by atoms with E-state index >= 15 is 0 Å². The molecule has 1 atom stereocenters. The Bertz CT molecular complexity index is 576. The Hall–Kier alpha value is -2.25. The zero-order chi connectivity index (χ0) is 15.6. The first-order valence-corrected chi connectivity index (χ1v) is 6.31. The molecular formula is C13H13F3N2O3. The minimum Gasteiger partial charge on any atom is -0.481 e. The SMILES string of the molecule is O=C(O)CC(NC(=O)Nc1ccc(F)c(F)c1F)C1CC1. The first-order valence-electron chi connectivity index (χ1n) is 6.31. The fraction of sp³-hybridized carbons (Fsp3) is 0.385. The van der Waals surface area contributed by atoms with Crippen molar-refractivity contribution in [1.82, 2.24) is 5.32 Å². The van der Waals surface area contributed by atoms with Crippen molar-refractivity contribution < 1.29 is 27.9 Å². The smallest absolute Gasteiger partial charge is 0.319 e. The van der Waals surface area contributed by atoms with Gasteiger partial charge in [-0.05, 0) is 30.9 Å². The van der Waals surface area contributed by atoms with Crippen molar-refractivity contribution in [3.05, 3.63) is 29.6 Å². The first kappa shape index (κ1) is 15.1. The Labute approximate surface area is 118 Å². The predicted molar refractivity (Wildman–Crippen MR) is 67.2 cm³/mol. The number of benzene rings is 1. The third kappa shape index (κ3) is 3.87. The lowest BCUT2D eigenvalue weighted by molar-refractivity contribution is -0.137. The van der Waals surface area contributed by atoms with Gasteiger partial charge in [0.1, 0.15) is 0 Å². The molecule has 0 radical (unpaired) electrons. The van der Waals surface area contributed by atoms with Crippen molar-refractivity contribution in [3.8, 4) is 0 Å². The Morgan fingerprint density at radius 3 is 2.48 bits per heavy atom. The highest BCUT2D eigenvalue weighted by Crippen LogP contribution is 2.34. The maximum Gasteiger partial charge on any atom is 0.319 e. The molecule has 0 saturated heterocycles. The normalized spacial score (nSPS) is 15.4. The summed E-state index contributed by atoms with van der Waals surface area (Å²) >= 11 is 0. The molecule has 114 valence electrons. The Morgan fingerprint density at radius 2 is 1.90 bits per heavy atom. The molecule has 1 aliphatic rings. The van der Waals surface area contributed by atoms with Gasteiger partial charge in [-0.1, -0.05) is 0 Å². The summed E-state index contributed by atoms with van der Waals surface area (Å²) in [4.78, 5) is 22.4. The van der Waals surface area contributed by atoms with Crippen LogP contribution < -0.4 is 10.6 Å². The van der Waals surface area contributed by atoms with Gasteiger partial charge < -0.3 is 15.7 Å². The summed E-state index contributed by atoms with van der Waals surface area (Å²) in [5, 5.41) is 13.2. The van der Waals surface area contributed by atoms with Crippen LogP contribution in [-0.2, 0) is 4.79 Å². The summed E-state index contributed by atoms with van der Waals surface area (Å²) in [6, 6.07) is 0.134. The molecule has 1 aromatic carbocycles. The van der Waals surface area contributed by atoms with Gasteiger partial charge in [0.05, 0.1) is 12.1 Å². The van der Waals surface area contributed by atoms with Crippen molar-refractivity contribution in [2.45, 2.75) is 25.3 Å².